The maximum atomic E-state index is 13.9. The summed E-state index contributed by atoms with van der Waals surface area (Å²) in [7, 11) is 0. The third kappa shape index (κ3) is 4.12. The van der Waals surface area contributed by atoms with Crippen LogP contribution in [-0.2, 0) is 12.8 Å². The molecule has 2 aromatic heterocycles. The first-order valence-corrected chi connectivity index (χ1v) is 10.9. The van der Waals surface area contributed by atoms with Crippen LogP contribution < -0.4 is 10.1 Å². The number of aryl methyl sites for hydroxylation is 2. The van der Waals surface area contributed by atoms with Gasteiger partial charge in [-0.1, -0.05) is 12.1 Å². The first kappa shape index (κ1) is 21.0. The monoisotopic (exact) mass is 466 g/mol. The fraction of sp³-hybridized carbons (Fsp3) is 0.130. The fourth-order valence-corrected chi connectivity index (χ4v) is 4.69. The quantitative estimate of drug-likeness (QED) is 0.456. The van der Waals surface area contributed by atoms with Crippen LogP contribution in [0.2, 0.25) is 0 Å². The number of fused-ring (bicyclic) bond motifs is 3. The zero-order chi connectivity index (χ0) is 22.9. The van der Waals surface area contributed by atoms with Gasteiger partial charge in [-0.25, -0.2) is 28.1 Å². The van der Waals surface area contributed by atoms with Gasteiger partial charge in [0, 0.05) is 18.0 Å². The van der Waals surface area contributed by atoms with E-state index in [1.54, 1.807) is 12.1 Å². The number of para-hydroxylation sites is 1. The standard InChI is InChI=1S/C23H16F2N4O3S/c24-16-4-2-5-17(25)19(16)28-21(30)22-27-18-6-1-3-13-7-8-14(11-15(13)20(18)33-22)32-23(31)29-10-9-26-12-29/h2,4-5,7-12H,1,3,6H2,(H,28,30). The van der Waals surface area contributed by atoms with Gasteiger partial charge >= 0.3 is 6.09 Å². The van der Waals surface area contributed by atoms with Crippen molar-refractivity contribution in [2.24, 2.45) is 0 Å². The molecule has 0 saturated carbocycles. The average Bonchev–Trinajstić information content (AvgIpc) is 3.45. The van der Waals surface area contributed by atoms with Crippen molar-refractivity contribution in [2.75, 3.05) is 5.32 Å². The van der Waals surface area contributed by atoms with Crippen molar-refractivity contribution in [3.05, 3.63) is 83.0 Å². The molecule has 0 fully saturated rings. The lowest BCUT2D eigenvalue weighted by atomic mass is 10.0. The molecule has 0 aliphatic heterocycles. The molecule has 7 nitrogen and oxygen atoms in total. The average molecular weight is 466 g/mol. The number of rotatable bonds is 3. The SMILES string of the molecule is O=C(Nc1c(F)cccc1F)c1nc2c(s1)-c1cc(OC(=O)n3ccnc3)ccc1CCC2. The number of carbonyl (C=O) groups is 2. The Labute approximate surface area is 190 Å². The maximum absolute atomic E-state index is 13.9. The van der Waals surface area contributed by atoms with Gasteiger partial charge in [-0.3, -0.25) is 4.79 Å². The number of aromatic nitrogens is 3. The molecule has 1 aliphatic carbocycles. The van der Waals surface area contributed by atoms with Crippen LogP contribution in [0, 0.1) is 11.6 Å². The highest BCUT2D eigenvalue weighted by Crippen LogP contribution is 2.39. The summed E-state index contributed by atoms with van der Waals surface area (Å²) in [5.41, 5.74) is 2.05. The summed E-state index contributed by atoms with van der Waals surface area (Å²) < 4.78 is 34.5. The van der Waals surface area contributed by atoms with Crippen LogP contribution in [0.3, 0.4) is 0 Å². The number of ether oxygens (including phenoxy) is 1. The normalized spacial score (nSPS) is 12.4. The molecule has 0 bridgehead atoms. The van der Waals surface area contributed by atoms with Gasteiger partial charge in [-0.15, -0.1) is 11.3 Å². The summed E-state index contributed by atoms with van der Waals surface area (Å²) in [6.07, 6.45) is 5.97. The molecule has 0 saturated heterocycles. The van der Waals surface area contributed by atoms with E-state index < -0.39 is 29.3 Å². The van der Waals surface area contributed by atoms with Crippen molar-refractivity contribution >= 4 is 29.0 Å². The molecule has 0 atom stereocenters. The molecular formula is C23H16F2N4O3S. The van der Waals surface area contributed by atoms with Gasteiger partial charge in [-0.2, -0.15) is 0 Å². The molecule has 1 N–H and O–H groups in total. The fourth-order valence-electron chi connectivity index (χ4n) is 3.63. The number of thiazole rings is 1. The van der Waals surface area contributed by atoms with Crippen molar-refractivity contribution in [3.63, 3.8) is 0 Å². The van der Waals surface area contributed by atoms with Crippen molar-refractivity contribution in [1.29, 1.82) is 0 Å². The van der Waals surface area contributed by atoms with Gasteiger partial charge in [0.05, 0.1) is 10.6 Å². The van der Waals surface area contributed by atoms with E-state index in [1.165, 1.54) is 29.4 Å². The summed E-state index contributed by atoms with van der Waals surface area (Å²) in [6.45, 7) is 0. The van der Waals surface area contributed by atoms with Gasteiger partial charge in [-0.05, 0) is 49.1 Å². The lowest BCUT2D eigenvalue weighted by Crippen LogP contribution is -2.14. The highest BCUT2D eigenvalue weighted by molar-refractivity contribution is 7.17. The molecule has 33 heavy (non-hydrogen) atoms. The zero-order valence-electron chi connectivity index (χ0n) is 17.0. The van der Waals surface area contributed by atoms with Crippen molar-refractivity contribution in [3.8, 4) is 16.2 Å². The molecular weight excluding hydrogens is 450 g/mol. The number of imidazole rings is 1. The number of anilines is 1. The van der Waals surface area contributed by atoms with E-state index in [9.17, 15) is 18.4 Å². The molecule has 10 heteroatoms. The van der Waals surface area contributed by atoms with Gasteiger partial charge < -0.3 is 10.1 Å². The number of nitrogens with zero attached hydrogens (tertiary/aromatic N) is 3. The number of halogens is 2. The molecule has 0 radical (unpaired) electrons. The Morgan fingerprint density at radius 1 is 1.12 bits per heavy atom. The summed E-state index contributed by atoms with van der Waals surface area (Å²) in [4.78, 5) is 34.0. The van der Waals surface area contributed by atoms with Crippen molar-refractivity contribution < 1.29 is 23.1 Å². The molecule has 0 unspecified atom stereocenters. The Morgan fingerprint density at radius 2 is 1.94 bits per heavy atom. The second kappa shape index (κ2) is 8.55. The van der Waals surface area contributed by atoms with E-state index in [1.807, 2.05) is 6.07 Å². The molecule has 1 amide bonds. The first-order chi connectivity index (χ1) is 16.0. The second-order valence-electron chi connectivity index (χ2n) is 7.36. The summed E-state index contributed by atoms with van der Waals surface area (Å²) >= 11 is 1.13. The lowest BCUT2D eigenvalue weighted by molar-refractivity contribution is 0.102. The Kier molecular flexibility index (Phi) is 5.43. The number of hydrogen-bond acceptors (Lipinski definition) is 6. The van der Waals surface area contributed by atoms with Crippen molar-refractivity contribution in [1.82, 2.24) is 14.5 Å². The summed E-state index contributed by atoms with van der Waals surface area (Å²) in [5.74, 6) is -2.08. The largest absolute Gasteiger partial charge is 0.424 e. The van der Waals surface area contributed by atoms with E-state index >= 15 is 0 Å². The van der Waals surface area contributed by atoms with Crippen LogP contribution in [0.15, 0.2) is 55.1 Å². The number of nitrogens with one attached hydrogen (secondary N) is 1. The lowest BCUT2D eigenvalue weighted by Gasteiger charge is -2.09. The van der Waals surface area contributed by atoms with Crippen LogP contribution in [0.25, 0.3) is 10.4 Å². The molecule has 0 spiro atoms. The Morgan fingerprint density at radius 3 is 2.70 bits per heavy atom. The smallest absolute Gasteiger partial charge is 0.410 e. The topological polar surface area (TPSA) is 86.1 Å². The molecule has 1 aliphatic rings. The first-order valence-electron chi connectivity index (χ1n) is 10.1. The zero-order valence-corrected chi connectivity index (χ0v) is 17.9. The van der Waals surface area contributed by atoms with Gasteiger partial charge in [0.1, 0.15) is 29.4 Å². The summed E-state index contributed by atoms with van der Waals surface area (Å²) in [6, 6.07) is 8.70. The van der Waals surface area contributed by atoms with Gasteiger partial charge in [0.15, 0.2) is 5.01 Å². The third-order valence-electron chi connectivity index (χ3n) is 5.20. The van der Waals surface area contributed by atoms with E-state index in [-0.39, 0.29) is 5.01 Å². The van der Waals surface area contributed by atoms with Crippen LogP contribution in [0.4, 0.5) is 19.3 Å². The highest BCUT2D eigenvalue weighted by Gasteiger charge is 2.24. The molecule has 5 rings (SSSR count). The van der Waals surface area contributed by atoms with E-state index in [0.717, 1.165) is 58.0 Å². The maximum Gasteiger partial charge on any atom is 0.424 e. The molecule has 4 aromatic rings. The van der Waals surface area contributed by atoms with Crippen LogP contribution in [0.1, 0.15) is 27.5 Å². The van der Waals surface area contributed by atoms with E-state index in [0.29, 0.717) is 12.2 Å². The minimum atomic E-state index is -0.865. The number of hydrogen-bond donors (Lipinski definition) is 1. The number of benzene rings is 2. The highest BCUT2D eigenvalue weighted by atomic mass is 32.1. The van der Waals surface area contributed by atoms with Crippen LogP contribution >= 0.6 is 11.3 Å². The van der Waals surface area contributed by atoms with Gasteiger partial charge in [0.2, 0.25) is 0 Å². The molecule has 2 aromatic carbocycles. The molecule has 2 heterocycles. The third-order valence-corrected chi connectivity index (χ3v) is 6.33. The van der Waals surface area contributed by atoms with Crippen LogP contribution in [0.5, 0.6) is 5.75 Å². The van der Waals surface area contributed by atoms with Gasteiger partial charge in [0.25, 0.3) is 5.91 Å². The van der Waals surface area contributed by atoms with E-state index in [2.05, 4.69) is 15.3 Å². The minimum Gasteiger partial charge on any atom is -0.410 e. The predicted molar refractivity (Wildman–Crippen MR) is 118 cm³/mol. The molecule has 166 valence electrons. The Hall–Kier alpha value is -3.92. The van der Waals surface area contributed by atoms with Crippen molar-refractivity contribution in [2.45, 2.75) is 19.3 Å². The number of carbonyl (C=O) groups excluding carboxylic acids is 2. The Bertz CT molecular complexity index is 1350. The van der Waals surface area contributed by atoms with E-state index in [4.69, 9.17) is 4.74 Å². The predicted octanol–water partition coefficient (Wildman–Crippen LogP) is 5.07. The minimum absolute atomic E-state index is 0.0938. The summed E-state index contributed by atoms with van der Waals surface area (Å²) in [5, 5.41) is 2.37. The Balaban J connectivity index is 1.45. The van der Waals surface area contributed by atoms with Crippen LogP contribution in [-0.4, -0.2) is 26.5 Å². The number of amides is 1. The second-order valence-corrected chi connectivity index (χ2v) is 8.36.